The molecule has 0 bridgehead atoms. The van der Waals surface area contributed by atoms with Gasteiger partial charge in [0.2, 0.25) is 5.91 Å². The number of anilines is 1. The van der Waals surface area contributed by atoms with Gasteiger partial charge >= 0.3 is 5.97 Å². The molecule has 138 valence electrons. The fraction of sp³-hybridized carbons (Fsp3) is 0.333. The molecule has 2 rings (SSSR count). The second-order valence-electron chi connectivity index (χ2n) is 6.38. The lowest BCUT2D eigenvalue weighted by atomic mass is 10.1. The summed E-state index contributed by atoms with van der Waals surface area (Å²) in [7, 11) is 0. The molecule has 0 saturated heterocycles. The predicted molar refractivity (Wildman–Crippen MR) is 108 cm³/mol. The molecule has 1 aromatic heterocycles. The Morgan fingerprint density at radius 3 is 2.42 bits per heavy atom. The number of rotatable bonds is 6. The van der Waals surface area contributed by atoms with Crippen LogP contribution in [0.15, 0.2) is 30.3 Å². The van der Waals surface area contributed by atoms with Crippen LogP contribution < -0.4 is 5.32 Å². The molecule has 0 aliphatic heterocycles. The molecule has 0 aliphatic rings. The van der Waals surface area contributed by atoms with Crippen LogP contribution in [0.3, 0.4) is 0 Å². The van der Waals surface area contributed by atoms with E-state index in [1.807, 2.05) is 58.9 Å². The molecule has 1 N–H and O–H groups in total. The number of nitrogens with one attached hydrogen (secondary N) is 1. The molecular weight excluding hydrogens is 346 g/mol. The Bertz CT molecular complexity index is 817. The minimum Gasteiger partial charge on any atom is -0.459 e. The van der Waals surface area contributed by atoms with E-state index in [9.17, 15) is 9.59 Å². The third-order valence-electron chi connectivity index (χ3n) is 3.85. The Hall–Kier alpha value is -2.40. The Labute approximate surface area is 158 Å². The molecule has 1 aromatic carbocycles. The van der Waals surface area contributed by atoms with Crippen molar-refractivity contribution in [3.05, 3.63) is 57.5 Å². The van der Waals surface area contributed by atoms with Gasteiger partial charge in [0.25, 0.3) is 0 Å². The highest BCUT2D eigenvalue weighted by atomic mass is 32.1. The van der Waals surface area contributed by atoms with Gasteiger partial charge in [-0.2, -0.15) is 0 Å². The Morgan fingerprint density at radius 1 is 1.19 bits per heavy atom. The summed E-state index contributed by atoms with van der Waals surface area (Å²) >= 11 is 1.41. The van der Waals surface area contributed by atoms with Crippen LogP contribution in [0.2, 0.25) is 0 Å². The average molecular weight is 372 g/mol. The first kappa shape index (κ1) is 19.9. The standard InChI is InChI=1S/C21H25NO3S/c1-6-17-15(5)26-20(19(17)21(24)25-13(2)3)22-18(23)12-11-16-9-7-14(4)8-10-16/h7-13H,6H2,1-5H3,(H,22,23)/b12-11+. The molecule has 0 atom stereocenters. The van der Waals surface area contributed by atoms with Crippen LogP contribution in [0.5, 0.6) is 0 Å². The van der Waals surface area contributed by atoms with Crippen molar-refractivity contribution < 1.29 is 14.3 Å². The molecule has 5 heteroatoms. The van der Waals surface area contributed by atoms with Gasteiger partial charge < -0.3 is 10.1 Å². The SMILES string of the molecule is CCc1c(C)sc(NC(=O)/C=C/c2ccc(C)cc2)c1C(=O)OC(C)C. The van der Waals surface area contributed by atoms with Crippen LogP contribution in [0.1, 0.15) is 52.7 Å². The van der Waals surface area contributed by atoms with Crippen LogP contribution in [-0.4, -0.2) is 18.0 Å². The summed E-state index contributed by atoms with van der Waals surface area (Å²) in [6.45, 7) is 9.58. The zero-order valence-corrected chi connectivity index (χ0v) is 16.7. The third kappa shape index (κ3) is 5.05. The number of hydrogen-bond donors (Lipinski definition) is 1. The van der Waals surface area contributed by atoms with Crippen LogP contribution in [0.4, 0.5) is 5.00 Å². The number of amides is 1. The van der Waals surface area contributed by atoms with E-state index in [0.717, 1.165) is 16.0 Å². The summed E-state index contributed by atoms with van der Waals surface area (Å²) < 4.78 is 5.35. The molecule has 26 heavy (non-hydrogen) atoms. The van der Waals surface area contributed by atoms with Gasteiger partial charge in [-0.25, -0.2) is 4.79 Å². The number of esters is 1. The summed E-state index contributed by atoms with van der Waals surface area (Å²) in [5.41, 5.74) is 3.52. The maximum absolute atomic E-state index is 12.5. The van der Waals surface area contributed by atoms with E-state index < -0.39 is 0 Å². The largest absolute Gasteiger partial charge is 0.459 e. The predicted octanol–water partition coefficient (Wildman–Crippen LogP) is 5.14. The minimum absolute atomic E-state index is 0.211. The van der Waals surface area contributed by atoms with Crippen molar-refractivity contribution in [2.45, 2.75) is 47.1 Å². The van der Waals surface area contributed by atoms with Crippen LogP contribution >= 0.6 is 11.3 Å². The molecule has 0 saturated carbocycles. The van der Waals surface area contributed by atoms with Crippen LogP contribution in [-0.2, 0) is 16.0 Å². The maximum atomic E-state index is 12.5. The van der Waals surface area contributed by atoms with Gasteiger partial charge in [-0.3, -0.25) is 4.79 Å². The van der Waals surface area contributed by atoms with E-state index >= 15 is 0 Å². The number of aryl methyl sites for hydroxylation is 2. The van der Waals surface area contributed by atoms with Crippen molar-refractivity contribution in [3.63, 3.8) is 0 Å². The molecule has 1 heterocycles. The minimum atomic E-state index is -0.390. The Morgan fingerprint density at radius 2 is 1.85 bits per heavy atom. The second kappa shape index (κ2) is 8.81. The molecule has 2 aromatic rings. The Balaban J connectivity index is 2.21. The van der Waals surface area contributed by atoms with Crippen molar-refractivity contribution in [3.8, 4) is 0 Å². The quantitative estimate of drug-likeness (QED) is 0.565. The fourth-order valence-electron chi connectivity index (χ4n) is 2.58. The lowest BCUT2D eigenvalue weighted by Crippen LogP contribution is -2.16. The molecule has 0 fully saturated rings. The molecule has 0 unspecified atom stereocenters. The summed E-state index contributed by atoms with van der Waals surface area (Å²) in [4.78, 5) is 25.8. The van der Waals surface area contributed by atoms with Gasteiger partial charge in [-0.15, -0.1) is 11.3 Å². The van der Waals surface area contributed by atoms with Crippen molar-refractivity contribution in [2.24, 2.45) is 0 Å². The normalized spacial score (nSPS) is 11.2. The third-order valence-corrected chi connectivity index (χ3v) is 4.91. The number of benzene rings is 1. The molecular formula is C21H25NO3S. The highest BCUT2D eigenvalue weighted by molar-refractivity contribution is 7.16. The van der Waals surface area contributed by atoms with Gasteiger partial charge in [0.05, 0.1) is 11.7 Å². The van der Waals surface area contributed by atoms with Crippen molar-refractivity contribution in [1.82, 2.24) is 0 Å². The molecule has 1 amide bonds. The number of thiophene rings is 1. The zero-order chi connectivity index (χ0) is 19.3. The smallest absolute Gasteiger partial charge is 0.341 e. The van der Waals surface area contributed by atoms with Crippen molar-refractivity contribution >= 4 is 34.3 Å². The second-order valence-corrected chi connectivity index (χ2v) is 7.61. The van der Waals surface area contributed by atoms with Gasteiger partial charge in [0.15, 0.2) is 0 Å². The van der Waals surface area contributed by atoms with Crippen molar-refractivity contribution in [1.29, 1.82) is 0 Å². The van der Waals surface area contributed by atoms with E-state index in [1.165, 1.54) is 23.0 Å². The van der Waals surface area contributed by atoms with E-state index in [-0.39, 0.29) is 18.0 Å². The number of ether oxygens (including phenoxy) is 1. The first-order valence-corrected chi connectivity index (χ1v) is 9.52. The monoisotopic (exact) mass is 371 g/mol. The van der Waals surface area contributed by atoms with E-state index in [0.29, 0.717) is 17.0 Å². The Kier molecular flexibility index (Phi) is 6.75. The summed E-state index contributed by atoms with van der Waals surface area (Å²) in [5.74, 6) is -0.660. The zero-order valence-electron chi connectivity index (χ0n) is 15.9. The van der Waals surface area contributed by atoms with E-state index in [1.54, 1.807) is 6.08 Å². The topological polar surface area (TPSA) is 55.4 Å². The van der Waals surface area contributed by atoms with E-state index in [4.69, 9.17) is 4.74 Å². The fourth-order valence-corrected chi connectivity index (χ4v) is 3.72. The maximum Gasteiger partial charge on any atom is 0.341 e. The molecule has 0 radical (unpaired) electrons. The lowest BCUT2D eigenvalue weighted by molar-refractivity contribution is -0.111. The molecule has 4 nitrogen and oxygen atoms in total. The van der Waals surface area contributed by atoms with Gasteiger partial charge in [0.1, 0.15) is 5.00 Å². The first-order valence-electron chi connectivity index (χ1n) is 8.70. The molecule has 0 spiro atoms. The lowest BCUT2D eigenvalue weighted by Gasteiger charge is -2.10. The first-order chi connectivity index (χ1) is 12.3. The highest BCUT2D eigenvalue weighted by Gasteiger charge is 2.23. The van der Waals surface area contributed by atoms with Gasteiger partial charge in [0, 0.05) is 11.0 Å². The molecule has 0 aliphatic carbocycles. The summed E-state index contributed by atoms with van der Waals surface area (Å²) in [6.07, 6.45) is 3.72. The van der Waals surface area contributed by atoms with Gasteiger partial charge in [-0.05, 0) is 51.3 Å². The average Bonchev–Trinajstić information content (AvgIpc) is 2.88. The van der Waals surface area contributed by atoms with E-state index in [2.05, 4.69) is 5.32 Å². The number of carbonyl (C=O) groups excluding carboxylic acids is 2. The summed E-state index contributed by atoms with van der Waals surface area (Å²) in [6, 6.07) is 7.89. The van der Waals surface area contributed by atoms with Crippen molar-refractivity contribution in [2.75, 3.05) is 5.32 Å². The number of hydrogen-bond acceptors (Lipinski definition) is 4. The highest BCUT2D eigenvalue weighted by Crippen LogP contribution is 2.34. The summed E-state index contributed by atoms with van der Waals surface area (Å²) in [5, 5.41) is 3.38. The number of carbonyl (C=O) groups is 2. The van der Waals surface area contributed by atoms with Crippen LogP contribution in [0, 0.1) is 13.8 Å². The van der Waals surface area contributed by atoms with Gasteiger partial charge in [-0.1, -0.05) is 36.8 Å². The van der Waals surface area contributed by atoms with Crippen LogP contribution in [0.25, 0.3) is 6.08 Å².